The molecule has 3 N–H and O–H groups in total. The predicted molar refractivity (Wildman–Crippen MR) is 38.2 cm³/mol. The Bertz CT molecular complexity index is 145. The maximum atomic E-state index is 10.5. The van der Waals surface area contributed by atoms with E-state index >= 15 is 0 Å². The molecule has 1 aliphatic rings. The van der Waals surface area contributed by atoms with Crippen molar-refractivity contribution in [2.45, 2.75) is 12.5 Å². The van der Waals surface area contributed by atoms with Crippen LogP contribution in [0.15, 0.2) is 0 Å². The van der Waals surface area contributed by atoms with Crippen LogP contribution in [0, 0.1) is 0 Å². The number of carbonyl (C=O) groups is 1. The molecule has 0 bridgehead atoms. The van der Waals surface area contributed by atoms with Crippen LogP contribution in [0.5, 0.6) is 0 Å². The highest BCUT2D eigenvalue weighted by Gasteiger charge is 2.24. The molecule has 1 amide bonds. The van der Waals surface area contributed by atoms with E-state index in [-0.39, 0.29) is 6.04 Å². The molecule has 1 rings (SSSR count). The average molecular weight is 160 g/mol. The zero-order chi connectivity index (χ0) is 8.27. The first kappa shape index (κ1) is 8.29. The third kappa shape index (κ3) is 1.81. The Kier molecular flexibility index (Phi) is 2.67. The fourth-order valence-electron chi connectivity index (χ4n) is 1.24. The molecule has 0 aliphatic carbocycles. The number of rotatable bonds is 2. The largest absolute Gasteiger partial charge is 0.465 e. The third-order valence-electron chi connectivity index (χ3n) is 1.87. The second kappa shape index (κ2) is 3.54. The molecule has 1 atom stereocenters. The Morgan fingerprint density at radius 2 is 2.45 bits per heavy atom. The van der Waals surface area contributed by atoms with Gasteiger partial charge in [0.15, 0.2) is 0 Å². The summed E-state index contributed by atoms with van der Waals surface area (Å²) in [7, 11) is 0. The van der Waals surface area contributed by atoms with Crippen molar-refractivity contribution in [2.24, 2.45) is 0 Å². The van der Waals surface area contributed by atoms with Crippen LogP contribution in [-0.2, 0) is 0 Å². The first-order valence-corrected chi connectivity index (χ1v) is 3.57. The number of carboxylic acid groups (broad SMARTS) is 1. The minimum absolute atomic E-state index is 0.0579. The lowest BCUT2D eigenvalue weighted by Crippen LogP contribution is -2.41. The van der Waals surface area contributed by atoms with Gasteiger partial charge in [0.2, 0.25) is 0 Å². The van der Waals surface area contributed by atoms with Crippen molar-refractivity contribution >= 4 is 6.09 Å². The van der Waals surface area contributed by atoms with Gasteiger partial charge in [0.25, 0.3) is 0 Å². The molecule has 0 saturated carbocycles. The van der Waals surface area contributed by atoms with Gasteiger partial charge in [-0.15, -0.1) is 0 Å². The van der Waals surface area contributed by atoms with Crippen molar-refractivity contribution in [3.05, 3.63) is 0 Å². The van der Waals surface area contributed by atoms with Gasteiger partial charge in [-0.3, -0.25) is 4.90 Å². The summed E-state index contributed by atoms with van der Waals surface area (Å²) in [5.74, 6) is 0. The van der Waals surface area contributed by atoms with Crippen molar-refractivity contribution < 1.29 is 15.0 Å². The monoisotopic (exact) mass is 160 g/mol. The second-order valence-corrected chi connectivity index (χ2v) is 2.54. The molecule has 0 aromatic carbocycles. The van der Waals surface area contributed by atoms with Gasteiger partial charge in [-0.1, -0.05) is 0 Å². The number of amides is 1. The number of nitrogens with zero attached hydrogens (tertiary/aromatic N) is 1. The summed E-state index contributed by atoms with van der Waals surface area (Å²) in [6, 6.07) is -0.0579. The standard InChI is InChI=1S/C6H12N2O3/c9-4-8(6(10)11)5-1-2-7-3-5/h5,7,9H,1-4H2,(H,10,11). The number of aliphatic hydroxyl groups is 1. The number of hydrogen-bond donors (Lipinski definition) is 3. The predicted octanol–water partition coefficient (Wildman–Crippen LogP) is -0.722. The molecule has 1 heterocycles. The molecule has 5 heteroatoms. The summed E-state index contributed by atoms with van der Waals surface area (Å²) in [5.41, 5.74) is 0. The Labute approximate surface area is 64.6 Å². The van der Waals surface area contributed by atoms with E-state index < -0.39 is 12.8 Å². The first-order valence-electron chi connectivity index (χ1n) is 3.57. The molecule has 5 nitrogen and oxygen atoms in total. The highest BCUT2D eigenvalue weighted by Crippen LogP contribution is 2.06. The SMILES string of the molecule is O=C(O)N(CO)C1CCNC1. The van der Waals surface area contributed by atoms with Crippen LogP contribution < -0.4 is 5.32 Å². The molecular weight excluding hydrogens is 148 g/mol. The molecule has 1 saturated heterocycles. The van der Waals surface area contributed by atoms with Crippen LogP contribution in [-0.4, -0.2) is 47.1 Å². The van der Waals surface area contributed by atoms with E-state index in [1.165, 1.54) is 0 Å². The molecule has 0 radical (unpaired) electrons. The van der Waals surface area contributed by atoms with Gasteiger partial charge >= 0.3 is 6.09 Å². The topological polar surface area (TPSA) is 72.8 Å². The van der Waals surface area contributed by atoms with E-state index in [0.717, 1.165) is 17.9 Å². The van der Waals surface area contributed by atoms with Gasteiger partial charge in [0.05, 0.1) is 6.04 Å². The number of hydrogen-bond acceptors (Lipinski definition) is 3. The van der Waals surface area contributed by atoms with E-state index in [1.807, 2.05) is 0 Å². The maximum Gasteiger partial charge on any atom is 0.409 e. The average Bonchev–Trinajstić information content (AvgIpc) is 2.40. The van der Waals surface area contributed by atoms with E-state index in [0.29, 0.717) is 6.54 Å². The first-order chi connectivity index (χ1) is 5.25. The van der Waals surface area contributed by atoms with Crippen LogP contribution in [0.4, 0.5) is 4.79 Å². The van der Waals surface area contributed by atoms with Gasteiger partial charge in [-0.25, -0.2) is 4.79 Å². The van der Waals surface area contributed by atoms with Gasteiger partial charge in [-0.05, 0) is 13.0 Å². The van der Waals surface area contributed by atoms with Gasteiger partial charge in [-0.2, -0.15) is 0 Å². The van der Waals surface area contributed by atoms with Gasteiger partial charge < -0.3 is 15.5 Å². The molecule has 64 valence electrons. The minimum Gasteiger partial charge on any atom is -0.465 e. The lowest BCUT2D eigenvalue weighted by Gasteiger charge is -2.22. The van der Waals surface area contributed by atoms with Crippen LogP contribution in [0.2, 0.25) is 0 Å². The van der Waals surface area contributed by atoms with Crippen LogP contribution in [0.25, 0.3) is 0 Å². The zero-order valence-electron chi connectivity index (χ0n) is 6.16. The van der Waals surface area contributed by atoms with Crippen LogP contribution in [0.3, 0.4) is 0 Å². The molecule has 1 aliphatic heterocycles. The van der Waals surface area contributed by atoms with E-state index in [2.05, 4.69) is 5.32 Å². The molecule has 0 aromatic rings. The lowest BCUT2D eigenvalue weighted by atomic mass is 10.2. The summed E-state index contributed by atoms with van der Waals surface area (Å²) in [6.07, 6.45) is -0.270. The maximum absolute atomic E-state index is 10.5. The highest BCUT2D eigenvalue weighted by atomic mass is 16.4. The van der Waals surface area contributed by atoms with E-state index in [4.69, 9.17) is 10.2 Å². The number of aliphatic hydroxyl groups excluding tert-OH is 1. The van der Waals surface area contributed by atoms with Crippen molar-refractivity contribution in [1.82, 2.24) is 10.2 Å². The molecular formula is C6H12N2O3. The fourth-order valence-corrected chi connectivity index (χ4v) is 1.24. The summed E-state index contributed by atoms with van der Waals surface area (Å²) >= 11 is 0. The van der Waals surface area contributed by atoms with E-state index in [1.54, 1.807) is 0 Å². The minimum atomic E-state index is -1.05. The summed E-state index contributed by atoms with van der Waals surface area (Å²) in [5, 5.41) is 20.3. The summed E-state index contributed by atoms with van der Waals surface area (Å²) in [6.45, 7) is 1.06. The van der Waals surface area contributed by atoms with Crippen molar-refractivity contribution in [3.63, 3.8) is 0 Å². The Morgan fingerprint density at radius 3 is 2.82 bits per heavy atom. The van der Waals surface area contributed by atoms with Crippen molar-refractivity contribution in [1.29, 1.82) is 0 Å². The van der Waals surface area contributed by atoms with Crippen LogP contribution >= 0.6 is 0 Å². The Hall–Kier alpha value is -0.810. The fraction of sp³-hybridized carbons (Fsp3) is 0.833. The van der Waals surface area contributed by atoms with Gasteiger partial charge in [0.1, 0.15) is 6.73 Å². The molecule has 1 fully saturated rings. The zero-order valence-corrected chi connectivity index (χ0v) is 6.16. The summed E-state index contributed by atoms with van der Waals surface area (Å²) < 4.78 is 0. The van der Waals surface area contributed by atoms with Gasteiger partial charge in [0, 0.05) is 6.54 Å². The van der Waals surface area contributed by atoms with Crippen molar-refractivity contribution in [3.8, 4) is 0 Å². The highest BCUT2D eigenvalue weighted by molar-refractivity contribution is 5.65. The number of nitrogens with one attached hydrogen (secondary N) is 1. The normalized spacial score (nSPS) is 23.5. The molecule has 0 spiro atoms. The quantitative estimate of drug-likeness (QED) is 0.466. The smallest absolute Gasteiger partial charge is 0.409 e. The second-order valence-electron chi connectivity index (χ2n) is 2.54. The van der Waals surface area contributed by atoms with E-state index in [9.17, 15) is 4.79 Å². The Balaban J connectivity index is 2.46. The summed E-state index contributed by atoms with van der Waals surface area (Å²) in [4.78, 5) is 11.5. The molecule has 1 unspecified atom stereocenters. The van der Waals surface area contributed by atoms with Crippen molar-refractivity contribution in [2.75, 3.05) is 19.8 Å². The Morgan fingerprint density at radius 1 is 1.73 bits per heavy atom. The lowest BCUT2D eigenvalue weighted by molar-refractivity contribution is 0.0671. The molecule has 11 heavy (non-hydrogen) atoms. The third-order valence-corrected chi connectivity index (χ3v) is 1.87. The van der Waals surface area contributed by atoms with Crippen LogP contribution in [0.1, 0.15) is 6.42 Å². The molecule has 0 aromatic heterocycles.